The summed E-state index contributed by atoms with van der Waals surface area (Å²) in [5.74, 6) is 0.103. The molecule has 3 aromatic heterocycles. The number of anilines is 3. The predicted molar refractivity (Wildman–Crippen MR) is 459 cm³/mol. The lowest BCUT2D eigenvalue weighted by molar-refractivity contribution is 0.495. The lowest BCUT2D eigenvalue weighted by atomic mass is 9.64. The van der Waals surface area contributed by atoms with E-state index in [0.29, 0.717) is 0 Å². The van der Waals surface area contributed by atoms with Crippen LogP contribution in [0.1, 0.15) is 131 Å². The molecule has 26 rings (SSSR count). The molecule has 8 aliphatic carbocycles. The number of fused-ring (bicyclic) bond motifs is 41. The third-order valence-electron chi connectivity index (χ3n) is 28.6. The minimum atomic E-state index is -0.610. The molecule has 4 nitrogen and oxygen atoms in total. The number of allylic oxidation sites excluding steroid dienone is 4. The van der Waals surface area contributed by atoms with Crippen LogP contribution in [0.4, 0.5) is 17.1 Å². The minimum Gasteiger partial charge on any atom is -0.456 e. The van der Waals surface area contributed by atoms with Crippen molar-refractivity contribution in [2.75, 3.05) is 4.90 Å². The molecule has 15 aromatic carbocycles. The number of hydrogen-bond donors (Lipinski definition) is 0. The topological polar surface area (TPSA) is 42.7 Å². The standard InChI is InChI=1S/C108H73NO3/c1-58-36-38-59(39-37-58)73-53-91-97(102-72-28-14-21-35-94(72)112-103(73)102)69-45-42-61(51-85(69)106(91,6)7)109(60-40-43-67-74-54-87-76(56-86(74)105(4,5)84(67)50-60)98-82(104(87,2)3)46-48-95-100(98)70-26-12-19-33-92(70)110-95)62-41-44-68-75-55-90-77(57-89(75)108(88(68)52-62)80-31-17-10-24-65(80)66-25-11-18-32-81(66)108)99-83(47-49-96-101(99)71-27-13-20-34-93(71)111-96)107(90)78-29-15-8-22-63(78)64-23-9-16-30-79(64)107/h8-31,33-57,81H,32H2,1-7H3. The zero-order chi connectivity index (χ0) is 74.1. The van der Waals surface area contributed by atoms with Crippen LogP contribution in [0.2, 0.25) is 0 Å². The predicted octanol–water partition coefficient (Wildman–Crippen LogP) is 28.4. The van der Waals surface area contributed by atoms with Crippen LogP contribution in [-0.4, -0.2) is 0 Å². The Kier molecular flexibility index (Phi) is 11.4. The molecule has 8 aliphatic rings. The number of rotatable bonds is 4. The van der Waals surface area contributed by atoms with Gasteiger partial charge in [-0.25, -0.2) is 0 Å². The highest BCUT2D eigenvalue weighted by molar-refractivity contribution is 6.21. The van der Waals surface area contributed by atoms with Gasteiger partial charge in [-0.05, 0) is 266 Å². The Bertz CT molecular complexity index is 7490. The second-order valence-electron chi connectivity index (χ2n) is 34.8. The fraction of sp³-hybridized carbons (Fsp3) is 0.130. The van der Waals surface area contributed by atoms with Gasteiger partial charge in [-0.3, -0.25) is 0 Å². The highest BCUT2D eigenvalue weighted by Crippen LogP contribution is 2.71. The Balaban J connectivity index is 0.724. The van der Waals surface area contributed by atoms with Crippen molar-refractivity contribution in [1.29, 1.82) is 0 Å². The summed E-state index contributed by atoms with van der Waals surface area (Å²) < 4.78 is 20.6. The maximum atomic E-state index is 7.06. The van der Waals surface area contributed by atoms with Crippen molar-refractivity contribution in [3.63, 3.8) is 0 Å². The highest BCUT2D eigenvalue weighted by atomic mass is 16.3. The smallest absolute Gasteiger partial charge is 0.143 e. The molecule has 0 N–H and O–H groups in total. The fourth-order valence-electron chi connectivity index (χ4n) is 23.7. The van der Waals surface area contributed by atoms with Crippen molar-refractivity contribution in [3.05, 3.63) is 381 Å². The molecule has 0 saturated carbocycles. The van der Waals surface area contributed by atoms with Gasteiger partial charge in [-0.15, -0.1) is 0 Å². The summed E-state index contributed by atoms with van der Waals surface area (Å²) >= 11 is 0. The molecule has 18 aromatic rings. The van der Waals surface area contributed by atoms with E-state index in [1.54, 1.807) is 0 Å². The molecule has 0 bridgehead atoms. The van der Waals surface area contributed by atoms with Crippen LogP contribution in [0, 0.1) is 12.8 Å². The molecule has 0 radical (unpaired) electrons. The first-order chi connectivity index (χ1) is 54.7. The van der Waals surface area contributed by atoms with Gasteiger partial charge in [0.05, 0.1) is 10.8 Å². The van der Waals surface area contributed by atoms with Crippen LogP contribution < -0.4 is 4.90 Å². The number of aryl methyl sites for hydroxylation is 1. The summed E-state index contributed by atoms with van der Waals surface area (Å²) in [4.78, 5) is 2.63. The van der Waals surface area contributed by atoms with E-state index >= 15 is 0 Å². The van der Waals surface area contributed by atoms with E-state index in [-0.39, 0.29) is 16.7 Å². The maximum Gasteiger partial charge on any atom is 0.143 e. The van der Waals surface area contributed by atoms with E-state index in [2.05, 4.69) is 351 Å². The van der Waals surface area contributed by atoms with Crippen LogP contribution in [0.5, 0.6) is 0 Å². The van der Waals surface area contributed by atoms with Gasteiger partial charge in [0.1, 0.15) is 33.5 Å². The van der Waals surface area contributed by atoms with Gasteiger partial charge in [0.15, 0.2) is 0 Å². The first-order valence-electron chi connectivity index (χ1n) is 40.0. The van der Waals surface area contributed by atoms with E-state index in [4.69, 9.17) is 13.3 Å². The molecule has 0 saturated heterocycles. The Labute approximate surface area is 648 Å². The van der Waals surface area contributed by atoms with Crippen molar-refractivity contribution < 1.29 is 13.3 Å². The van der Waals surface area contributed by atoms with Gasteiger partial charge in [0.25, 0.3) is 0 Å². The zero-order valence-electron chi connectivity index (χ0n) is 63.2. The van der Waals surface area contributed by atoms with Gasteiger partial charge in [0, 0.05) is 77.1 Å². The number of benzene rings is 15. The number of furan rings is 3. The van der Waals surface area contributed by atoms with E-state index < -0.39 is 16.2 Å². The van der Waals surface area contributed by atoms with Crippen molar-refractivity contribution in [2.24, 2.45) is 5.92 Å². The first-order valence-corrected chi connectivity index (χ1v) is 40.0. The lowest BCUT2D eigenvalue weighted by Gasteiger charge is -2.37. The van der Waals surface area contributed by atoms with Gasteiger partial charge < -0.3 is 18.2 Å². The van der Waals surface area contributed by atoms with Crippen LogP contribution in [0.25, 0.3) is 149 Å². The molecular formula is C108H73NO3. The average molecular weight is 1430 g/mol. The van der Waals surface area contributed by atoms with Crippen molar-refractivity contribution in [2.45, 2.75) is 82.0 Å². The van der Waals surface area contributed by atoms with Crippen molar-refractivity contribution in [1.82, 2.24) is 0 Å². The molecule has 0 aliphatic heterocycles. The summed E-state index contributed by atoms with van der Waals surface area (Å²) in [6.45, 7) is 16.8. The van der Waals surface area contributed by atoms with Gasteiger partial charge in [-0.1, -0.05) is 247 Å². The Morgan fingerprint density at radius 3 is 1.41 bits per heavy atom. The molecule has 4 heteroatoms. The van der Waals surface area contributed by atoms with E-state index in [0.717, 1.165) is 78.9 Å². The first kappa shape index (κ1) is 61.8. The minimum absolute atomic E-state index is 0.103. The van der Waals surface area contributed by atoms with Gasteiger partial charge >= 0.3 is 0 Å². The zero-order valence-corrected chi connectivity index (χ0v) is 63.2. The van der Waals surface area contributed by atoms with E-state index in [1.165, 1.54) is 177 Å². The molecule has 0 fully saturated rings. The summed E-state index contributed by atoms with van der Waals surface area (Å²) in [5.41, 5.74) is 45.7. The number of para-hydroxylation sites is 3. The lowest BCUT2D eigenvalue weighted by Crippen LogP contribution is -2.33. The summed E-state index contributed by atoms with van der Waals surface area (Å²) in [7, 11) is 0. The molecule has 2 spiro atoms. The second kappa shape index (κ2) is 20.7. The van der Waals surface area contributed by atoms with Crippen LogP contribution in [0.3, 0.4) is 0 Å². The molecule has 2 unspecified atom stereocenters. The largest absolute Gasteiger partial charge is 0.456 e. The average Bonchev–Trinajstić information content (AvgIpc) is 1.48. The Morgan fingerprint density at radius 2 is 0.741 bits per heavy atom. The fourth-order valence-corrected chi connectivity index (χ4v) is 23.7. The monoisotopic (exact) mass is 1430 g/mol. The highest BCUT2D eigenvalue weighted by Gasteiger charge is 2.60. The molecule has 0 amide bonds. The van der Waals surface area contributed by atoms with E-state index in [1.807, 2.05) is 0 Å². The summed E-state index contributed by atoms with van der Waals surface area (Å²) in [5, 5.41) is 7.02. The van der Waals surface area contributed by atoms with Crippen molar-refractivity contribution >= 4 is 88.5 Å². The third-order valence-corrected chi connectivity index (χ3v) is 28.6. The summed E-state index contributed by atoms with van der Waals surface area (Å²) in [6, 6.07) is 108. The molecule has 528 valence electrons. The van der Waals surface area contributed by atoms with Crippen LogP contribution in [0.15, 0.2) is 311 Å². The Hall–Kier alpha value is -13.0. The molecule has 112 heavy (non-hydrogen) atoms. The van der Waals surface area contributed by atoms with Crippen LogP contribution in [-0.2, 0) is 27.1 Å². The van der Waals surface area contributed by atoms with E-state index in [9.17, 15) is 0 Å². The molecule has 2 atom stereocenters. The summed E-state index contributed by atoms with van der Waals surface area (Å²) in [6.07, 6.45) is 8.08. The maximum absolute atomic E-state index is 7.06. The normalized spacial score (nSPS) is 18.0. The quantitative estimate of drug-likeness (QED) is 0.176. The second-order valence-corrected chi connectivity index (χ2v) is 34.8. The number of hydrogen-bond acceptors (Lipinski definition) is 4. The SMILES string of the molecule is Cc1ccc(-c2cc3c(c4c2oc2ccccc24)-c2ccc(N(c4ccc5c(c4)C(C)(C)c4cc6c(cc4-5)C(C)(C)c4ccc5oc7ccccc7c5c4-6)c4ccc5c(c4)C4(c6ccccc6C6=CC=CCC64)c4cc6c(cc4-5)C4(c5ccccc5-c5ccccc54)c4ccc5oc7ccccc7c5c4-6)cc2C3(C)C)cc1. The van der Waals surface area contributed by atoms with Gasteiger partial charge in [0.2, 0.25) is 0 Å². The van der Waals surface area contributed by atoms with Crippen LogP contribution >= 0.6 is 0 Å². The Morgan fingerprint density at radius 1 is 0.304 bits per heavy atom. The van der Waals surface area contributed by atoms with Crippen molar-refractivity contribution in [3.8, 4) is 77.9 Å². The third kappa shape index (κ3) is 7.25. The van der Waals surface area contributed by atoms with Gasteiger partial charge in [-0.2, -0.15) is 0 Å². The molecule has 3 heterocycles. The number of nitrogens with zero attached hydrogens (tertiary/aromatic N) is 1. The molecular weight excluding hydrogens is 1360 g/mol.